The second-order valence-electron chi connectivity index (χ2n) is 7.33. The summed E-state index contributed by atoms with van der Waals surface area (Å²) in [6, 6.07) is 8.88. The average Bonchev–Trinajstić information content (AvgIpc) is 2.68. The van der Waals surface area contributed by atoms with Crippen LogP contribution in [0.3, 0.4) is 0 Å². The van der Waals surface area contributed by atoms with Gasteiger partial charge in [0.15, 0.2) is 12.4 Å². The van der Waals surface area contributed by atoms with E-state index in [1.54, 1.807) is 29.2 Å². The summed E-state index contributed by atoms with van der Waals surface area (Å²) in [6.07, 6.45) is 0. The summed E-state index contributed by atoms with van der Waals surface area (Å²) >= 11 is 6.10. The Hall–Kier alpha value is -3.00. The Labute approximate surface area is 178 Å². The molecule has 158 valence electrons. The van der Waals surface area contributed by atoms with Crippen molar-refractivity contribution < 1.29 is 13.9 Å². The predicted molar refractivity (Wildman–Crippen MR) is 113 cm³/mol. The Morgan fingerprint density at radius 1 is 1.20 bits per heavy atom. The van der Waals surface area contributed by atoms with Crippen LogP contribution in [0.25, 0.3) is 16.6 Å². The Morgan fingerprint density at radius 2 is 1.87 bits per heavy atom. The number of hydrogen-bond acceptors (Lipinski definition) is 5. The van der Waals surface area contributed by atoms with Gasteiger partial charge in [0.05, 0.1) is 10.4 Å². The molecule has 0 aliphatic heterocycles. The Balaban J connectivity index is 1.95. The average molecular weight is 433 g/mol. The van der Waals surface area contributed by atoms with Gasteiger partial charge in [-0.3, -0.25) is 9.59 Å². The number of hydrogen-bond donors (Lipinski definition) is 0. The molecule has 0 aliphatic carbocycles. The molecule has 0 atom stereocenters. The molecule has 0 radical (unpaired) electrons. The second-order valence-corrected chi connectivity index (χ2v) is 7.74. The lowest BCUT2D eigenvalue weighted by atomic mass is 10.2. The lowest BCUT2D eigenvalue weighted by Gasteiger charge is -2.30. The number of fused-ring (bicyclic) bond motifs is 1. The smallest absolute Gasteiger partial charge is 0.282 e. The fraction of sp³-hybridized carbons (Fsp3) is 0.333. The van der Waals surface area contributed by atoms with Crippen LogP contribution < -0.4 is 10.3 Å². The third-order valence-corrected chi connectivity index (χ3v) is 4.85. The number of aromatic nitrogens is 3. The van der Waals surface area contributed by atoms with E-state index in [2.05, 4.69) is 10.3 Å². The largest absolute Gasteiger partial charge is 0.482 e. The molecule has 2 aromatic carbocycles. The van der Waals surface area contributed by atoms with Gasteiger partial charge in [-0.25, -0.2) is 4.39 Å². The molecule has 1 amide bonds. The highest BCUT2D eigenvalue weighted by Gasteiger charge is 2.22. The van der Waals surface area contributed by atoms with Crippen molar-refractivity contribution >= 4 is 28.4 Å². The highest BCUT2D eigenvalue weighted by molar-refractivity contribution is 6.32. The van der Waals surface area contributed by atoms with Crippen LogP contribution in [0, 0.1) is 5.82 Å². The van der Waals surface area contributed by atoms with Gasteiger partial charge in [-0.05, 0) is 45.9 Å². The number of rotatable bonds is 6. The minimum absolute atomic E-state index is 0.00759. The molecule has 1 aromatic heterocycles. The van der Waals surface area contributed by atoms with Crippen molar-refractivity contribution in [1.82, 2.24) is 19.9 Å². The van der Waals surface area contributed by atoms with Crippen LogP contribution in [-0.2, 0) is 4.79 Å². The molecular weight excluding hydrogens is 411 g/mol. The number of nitrogens with zero attached hydrogens (tertiary/aromatic N) is 4. The normalized spacial score (nSPS) is 11.3. The zero-order valence-electron chi connectivity index (χ0n) is 17.1. The van der Waals surface area contributed by atoms with Crippen molar-refractivity contribution in [1.29, 1.82) is 0 Å². The Morgan fingerprint density at radius 3 is 2.53 bits per heavy atom. The molecule has 0 aliphatic rings. The SMILES string of the molecule is CC(C)N(C(=O)COc1cc(-n2nnc3ccccc3c2=O)c(F)cc1Cl)C(C)C. The summed E-state index contributed by atoms with van der Waals surface area (Å²) < 4.78 is 21.0. The molecular formula is C21H22ClFN4O3. The van der Waals surface area contributed by atoms with Gasteiger partial charge >= 0.3 is 0 Å². The number of carbonyl (C=O) groups is 1. The lowest BCUT2D eigenvalue weighted by Crippen LogP contribution is -2.44. The second kappa shape index (κ2) is 8.79. The summed E-state index contributed by atoms with van der Waals surface area (Å²) in [5, 5.41) is 8.05. The lowest BCUT2D eigenvalue weighted by molar-refractivity contribution is -0.136. The maximum atomic E-state index is 14.6. The highest BCUT2D eigenvalue weighted by Crippen LogP contribution is 2.29. The third kappa shape index (κ3) is 4.28. The molecule has 0 bridgehead atoms. The maximum Gasteiger partial charge on any atom is 0.282 e. The van der Waals surface area contributed by atoms with Crippen molar-refractivity contribution in [2.45, 2.75) is 39.8 Å². The molecule has 0 unspecified atom stereocenters. The number of amides is 1. The van der Waals surface area contributed by atoms with Gasteiger partial charge in [-0.1, -0.05) is 28.9 Å². The summed E-state index contributed by atoms with van der Waals surface area (Å²) in [5.41, 5.74) is -0.304. The van der Waals surface area contributed by atoms with E-state index in [-0.39, 0.29) is 41.1 Å². The van der Waals surface area contributed by atoms with Crippen LogP contribution >= 0.6 is 11.6 Å². The van der Waals surface area contributed by atoms with Gasteiger partial charge in [0.1, 0.15) is 17.0 Å². The summed E-state index contributed by atoms with van der Waals surface area (Å²) in [6.45, 7) is 7.36. The molecule has 0 saturated carbocycles. The van der Waals surface area contributed by atoms with Gasteiger partial charge in [0.2, 0.25) is 0 Å². The van der Waals surface area contributed by atoms with E-state index in [1.807, 2.05) is 27.7 Å². The first-order valence-corrected chi connectivity index (χ1v) is 9.86. The van der Waals surface area contributed by atoms with E-state index in [1.165, 1.54) is 6.07 Å². The van der Waals surface area contributed by atoms with Gasteiger partial charge in [0, 0.05) is 18.2 Å². The van der Waals surface area contributed by atoms with E-state index in [0.29, 0.717) is 10.9 Å². The van der Waals surface area contributed by atoms with E-state index in [0.717, 1.165) is 10.7 Å². The van der Waals surface area contributed by atoms with Crippen LogP contribution in [0.15, 0.2) is 41.2 Å². The van der Waals surface area contributed by atoms with Crippen molar-refractivity contribution in [3.63, 3.8) is 0 Å². The number of halogens is 2. The summed E-state index contributed by atoms with van der Waals surface area (Å²) in [5.74, 6) is -0.934. The maximum absolute atomic E-state index is 14.6. The van der Waals surface area contributed by atoms with E-state index in [4.69, 9.17) is 16.3 Å². The van der Waals surface area contributed by atoms with Crippen molar-refractivity contribution in [3.05, 3.63) is 57.6 Å². The first-order valence-electron chi connectivity index (χ1n) is 9.48. The first kappa shape index (κ1) is 21.7. The molecule has 0 N–H and O–H groups in total. The quantitative estimate of drug-likeness (QED) is 0.594. The minimum Gasteiger partial charge on any atom is -0.482 e. The van der Waals surface area contributed by atoms with Gasteiger partial charge in [0.25, 0.3) is 11.5 Å². The Kier molecular flexibility index (Phi) is 6.36. The molecule has 0 saturated heterocycles. The zero-order valence-corrected chi connectivity index (χ0v) is 17.9. The summed E-state index contributed by atoms with van der Waals surface area (Å²) in [7, 11) is 0. The Bertz CT molecular complexity index is 1140. The zero-order chi connectivity index (χ0) is 22.0. The molecule has 30 heavy (non-hydrogen) atoms. The van der Waals surface area contributed by atoms with Gasteiger partial charge < -0.3 is 9.64 Å². The van der Waals surface area contributed by atoms with Gasteiger partial charge in [-0.2, -0.15) is 4.68 Å². The fourth-order valence-electron chi connectivity index (χ4n) is 3.32. The van der Waals surface area contributed by atoms with Crippen molar-refractivity contribution in [3.8, 4) is 11.4 Å². The van der Waals surface area contributed by atoms with E-state index in [9.17, 15) is 14.0 Å². The van der Waals surface area contributed by atoms with Crippen LogP contribution in [0.1, 0.15) is 27.7 Å². The molecule has 0 fully saturated rings. The van der Waals surface area contributed by atoms with E-state index < -0.39 is 11.4 Å². The van der Waals surface area contributed by atoms with Crippen molar-refractivity contribution in [2.75, 3.05) is 6.61 Å². The number of benzene rings is 2. The number of carbonyl (C=O) groups excluding carboxylic acids is 1. The van der Waals surface area contributed by atoms with Crippen LogP contribution in [0.5, 0.6) is 5.75 Å². The third-order valence-electron chi connectivity index (χ3n) is 4.55. The first-order chi connectivity index (χ1) is 14.2. The van der Waals surface area contributed by atoms with Crippen LogP contribution in [0.4, 0.5) is 4.39 Å². The molecule has 7 nitrogen and oxygen atoms in total. The standard InChI is InChI=1S/C21H22ClFN4O3/c1-12(2)26(13(3)4)20(28)11-30-19-10-18(16(23)9-15(19)22)27-21(29)14-7-5-6-8-17(14)24-25-27/h5-10,12-13H,11H2,1-4H3. The van der Waals surface area contributed by atoms with Crippen LogP contribution in [0.2, 0.25) is 5.02 Å². The van der Waals surface area contributed by atoms with Crippen LogP contribution in [-0.4, -0.2) is 44.5 Å². The monoisotopic (exact) mass is 432 g/mol. The predicted octanol–water partition coefficient (Wildman–Crippen LogP) is 3.60. The molecule has 1 heterocycles. The van der Waals surface area contributed by atoms with Crippen molar-refractivity contribution in [2.24, 2.45) is 0 Å². The molecule has 0 spiro atoms. The molecule has 3 rings (SSSR count). The van der Waals surface area contributed by atoms with Gasteiger partial charge in [-0.15, -0.1) is 5.10 Å². The topological polar surface area (TPSA) is 77.3 Å². The van der Waals surface area contributed by atoms with E-state index >= 15 is 0 Å². The highest BCUT2D eigenvalue weighted by atomic mass is 35.5. The fourth-order valence-corrected chi connectivity index (χ4v) is 3.53. The minimum atomic E-state index is -0.767. The number of ether oxygens (including phenoxy) is 1. The molecule has 9 heteroatoms. The summed E-state index contributed by atoms with van der Waals surface area (Å²) in [4.78, 5) is 27.0. The molecule has 3 aromatic rings.